The van der Waals surface area contributed by atoms with E-state index in [2.05, 4.69) is 15.0 Å². The maximum atomic E-state index is 13.6. The van der Waals surface area contributed by atoms with Gasteiger partial charge in [0.25, 0.3) is 0 Å². The number of carbonyl (C=O) groups is 1. The monoisotopic (exact) mass is 432 g/mol. The first kappa shape index (κ1) is 20.7. The average molecular weight is 433 g/mol. The normalized spacial score (nSPS) is 16.8. The van der Waals surface area contributed by atoms with Crippen molar-refractivity contribution in [3.8, 4) is 5.88 Å². The van der Waals surface area contributed by atoms with Gasteiger partial charge < -0.3 is 9.84 Å². The molecule has 7 nitrogen and oxygen atoms in total. The quantitative estimate of drug-likeness (QED) is 0.600. The Morgan fingerprint density at radius 2 is 2.00 bits per heavy atom. The third kappa shape index (κ3) is 3.91. The predicted octanol–water partition coefficient (Wildman–Crippen LogP) is 3.56. The number of hydrogen-bond donors (Lipinski definition) is 1. The van der Waals surface area contributed by atoms with Gasteiger partial charge in [-0.05, 0) is 50.6 Å². The predicted molar refractivity (Wildman–Crippen MR) is 111 cm³/mol. The van der Waals surface area contributed by atoms with E-state index in [-0.39, 0.29) is 29.6 Å². The van der Waals surface area contributed by atoms with Crippen molar-refractivity contribution < 1.29 is 19.0 Å². The van der Waals surface area contributed by atoms with Crippen molar-refractivity contribution in [2.24, 2.45) is 5.92 Å². The van der Waals surface area contributed by atoms with Crippen molar-refractivity contribution in [2.75, 3.05) is 19.7 Å². The highest BCUT2D eigenvalue weighted by atomic mass is 32.1. The summed E-state index contributed by atoms with van der Waals surface area (Å²) in [6.07, 6.45) is 2.04. The van der Waals surface area contributed by atoms with E-state index in [0.717, 1.165) is 5.56 Å². The van der Waals surface area contributed by atoms with Crippen LogP contribution in [0.5, 0.6) is 5.88 Å². The van der Waals surface area contributed by atoms with E-state index in [4.69, 9.17) is 4.74 Å². The number of halogens is 1. The molecule has 9 heteroatoms. The van der Waals surface area contributed by atoms with Crippen LogP contribution in [0.25, 0.3) is 4.96 Å². The fourth-order valence-electron chi connectivity index (χ4n) is 3.95. The summed E-state index contributed by atoms with van der Waals surface area (Å²) in [6.45, 7) is 5.49. The number of benzene rings is 1. The van der Waals surface area contributed by atoms with Crippen LogP contribution < -0.4 is 0 Å². The van der Waals surface area contributed by atoms with Crippen molar-refractivity contribution in [2.45, 2.75) is 39.2 Å². The molecular weight excluding hydrogens is 407 g/mol. The third-order valence-electron chi connectivity index (χ3n) is 5.51. The summed E-state index contributed by atoms with van der Waals surface area (Å²) >= 11 is 1.39. The lowest BCUT2D eigenvalue weighted by Crippen LogP contribution is -2.39. The molecule has 160 valence electrons. The number of carbonyl (C=O) groups excluding carboxylic acids is 1. The summed E-state index contributed by atoms with van der Waals surface area (Å²) in [5.41, 5.74) is 0.876. The summed E-state index contributed by atoms with van der Waals surface area (Å²) in [5, 5.41) is 15.3. The molecule has 1 N–H and O–H groups in total. The number of aromatic hydroxyl groups is 1. The Labute approximate surface area is 178 Å². The van der Waals surface area contributed by atoms with Crippen LogP contribution in [0.3, 0.4) is 0 Å². The Morgan fingerprint density at radius 3 is 2.60 bits per heavy atom. The highest BCUT2D eigenvalue weighted by molar-refractivity contribution is 7.17. The molecule has 0 amide bonds. The molecule has 1 saturated heterocycles. The zero-order valence-electron chi connectivity index (χ0n) is 17.0. The maximum absolute atomic E-state index is 13.6. The number of fused-ring (bicyclic) bond motifs is 1. The van der Waals surface area contributed by atoms with Crippen LogP contribution in [-0.2, 0) is 16.0 Å². The second-order valence-corrected chi connectivity index (χ2v) is 8.39. The van der Waals surface area contributed by atoms with Crippen molar-refractivity contribution >= 4 is 22.3 Å². The third-order valence-corrected chi connectivity index (χ3v) is 6.58. The second-order valence-electron chi connectivity index (χ2n) is 7.38. The number of aryl methyl sites for hydroxylation is 1. The van der Waals surface area contributed by atoms with Gasteiger partial charge in [-0.3, -0.25) is 9.69 Å². The first-order valence-electron chi connectivity index (χ1n) is 10.2. The summed E-state index contributed by atoms with van der Waals surface area (Å²) in [5.74, 6) is 0.168. The first-order chi connectivity index (χ1) is 14.5. The van der Waals surface area contributed by atoms with E-state index in [1.807, 2.05) is 13.8 Å². The van der Waals surface area contributed by atoms with E-state index in [0.29, 0.717) is 54.6 Å². The van der Waals surface area contributed by atoms with Gasteiger partial charge in [0, 0.05) is 6.42 Å². The summed E-state index contributed by atoms with van der Waals surface area (Å²) < 4.78 is 20.2. The van der Waals surface area contributed by atoms with Crippen LogP contribution in [-0.4, -0.2) is 50.3 Å². The zero-order valence-corrected chi connectivity index (χ0v) is 17.9. The highest BCUT2D eigenvalue weighted by Gasteiger charge is 2.34. The van der Waals surface area contributed by atoms with Crippen LogP contribution in [0.1, 0.15) is 49.0 Å². The minimum absolute atomic E-state index is 0.0593. The van der Waals surface area contributed by atoms with Crippen LogP contribution in [0.2, 0.25) is 0 Å². The number of thiazole rings is 1. The fraction of sp³-hybridized carbons (Fsp3) is 0.476. The molecule has 1 aromatic carbocycles. The lowest BCUT2D eigenvalue weighted by molar-refractivity contribution is -0.149. The SMILES string of the molecule is CCOC(=O)C1CCN([C@@H](c2ccc(F)cc2)c2sc3nc(CC)nn3c2O)CC1. The summed E-state index contributed by atoms with van der Waals surface area (Å²) in [7, 11) is 0. The van der Waals surface area contributed by atoms with Crippen molar-refractivity contribution in [1.82, 2.24) is 19.5 Å². The van der Waals surface area contributed by atoms with Crippen molar-refractivity contribution in [3.63, 3.8) is 0 Å². The Balaban J connectivity index is 1.66. The number of ether oxygens (including phenoxy) is 1. The molecule has 0 unspecified atom stereocenters. The average Bonchev–Trinajstić information content (AvgIpc) is 3.29. The molecule has 3 aromatic rings. The minimum Gasteiger partial charge on any atom is -0.492 e. The van der Waals surface area contributed by atoms with Gasteiger partial charge in [-0.15, -0.1) is 5.10 Å². The van der Waals surface area contributed by atoms with E-state index in [1.165, 1.54) is 28.0 Å². The molecule has 0 bridgehead atoms. The lowest BCUT2D eigenvalue weighted by atomic mass is 9.93. The van der Waals surface area contributed by atoms with Gasteiger partial charge in [-0.1, -0.05) is 30.4 Å². The van der Waals surface area contributed by atoms with Crippen molar-refractivity contribution in [3.05, 3.63) is 46.3 Å². The van der Waals surface area contributed by atoms with E-state index in [9.17, 15) is 14.3 Å². The summed E-state index contributed by atoms with van der Waals surface area (Å²) in [6, 6.07) is 6.06. The van der Waals surface area contributed by atoms with Crippen LogP contribution in [0.15, 0.2) is 24.3 Å². The van der Waals surface area contributed by atoms with Crippen LogP contribution >= 0.6 is 11.3 Å². The molecule has 3 heterocycles. The highest BCUT2D eigenvalue weighted by Crippen LogP contribution is 2.41. The Bertz CT molecular complexity index is 1020. The fourth-order valence-corrected chi connectivity index (χ4v) is 5.08. The van der Waals surface area contributed by atoms with E-state index < -0.39 is 0 Å². The lowest BCUT2D eigenvalue weighted by Gasteiger charge is -2.36. The van der Waals surface area contributed by atoms with Crippen LogP contribution in [0, 0.1) is 11.7 Å². The number of likely N-dealkylation sites (tertiary alicyclic amines) is 1. The molecule has 1 aliphatic rings. The minimum atomic E-state index is -0.307. The largest absolute Gasteiger partial charge is 0.492 e. The molecule has 0 saturated carbocycles. The zero-order chi connectivity index (χ0) is 21.3. The molecular formula is C21H25FN4O3S. The summed E-state index contributed by atoms with van der Waals surface area (Å²) in [4.78, 5) is 20.1. The van der Waals surface area contributed by atoms with Gasteiger partial charge in [-0.2, -0.15) is 4.52 Å². The van der Waals surface area contributed by atoms with Gasteiger partial charge in [-0.25, -0.2) is 9.37 Å². The molecule has 1 atom stereocenters. The molecule has 0 radical (unpaired) electrons. The number of hydrogen-bond acceptors (Lipinski definition) is 7. The van der Waals surface area contributed by atoms with Gasteiger partial charge >= 0.3 is 5.97 Å². The number of piperidine rings is 1. The van der Waals surface area contributed by atoms with Crippen molar-refractivity contribution in [1.29, 1.82) is 0 Å². The molecule has 1 fully saturated rings. The number of rotatable bonds is 6. The number of esters is 1. The van der Waals surface area contributed by atoms with Crippen LogP contribution in [0.4, 0.5) is 4.39 Å². The smallest absolute Gasteiger partial charge is 0.309 e. The molecule has 2 aromatic heterocycles. The topological polar surface area (TPSA) is 80.0 Å². The van der Waals surface area contributed by atoms with Gasteiger partial charge in [0.2, 0.25) is 10.8 Å². The van der Waals surface area contributed by atoms with E-state index in [1.54, 1.807) is 12.1 Å². The van der Waals surface area contributed by atoms with Gasteiger partial charge in [0.1, 0.15) is 5.82 Å². The maximum Gasteiger partial charge on any atom is 0.309 e. The first-order valence-corrected chi connectivity index (χ1v) is 11.1. The van der Waals surface area contributed by atoms with Gasteiger partial charge in [0.15, 0.2) is 5.82 Å². The Hall–Kier alpha value is -2.52. The number of aromatic nitrogens is 3. The second kappa shape index (κ2) is 8.69. The standard InChI is InChI=1S/C21H25FN4O3S/c1-3-16-23-21-26(24-16)19(27)18(30-21)17(13-5-7-15(22)8-6-13)25-11-9-14(10-12-25)20(28)29-4-2/h5-8,14,17,27H,3-4,9-12H2,1-2H3/t17-/m0/s1. The molecule has 30 heavy (non-hydrogen) atoms. The molecule has 0 aliphatic carbocycles. The molecule has 4 rings (SSSR count). The Kier molecular flexibility index (Phi) is 6.01. The molecule has 1 aliphatic heterocycles. The number of nitrogens with zero attached hydrogens (tertiary/aromatic N) is 4. The van der Waals surface area contributed by atoms with Gasteiger partial charge in [0.05, 0.1) is 23.4 Å². The van der Waals surface area contributed by atoms with E-state index >= 15 is 0 Å². The Morgan fingerprint density at radius 1 is 1.30 bits per heavy atom. The molecule has 0 spiro atoms.